The highest BCUT2D eigenvalue weighted by Gasteiger charge is 2.48. The summed E-state index contributed by atoms with van der Waals surface area (Å²) in [7, 11) is 0. The molecule has 0 aromatic heterocycles. The maximum atomic E-state index is 12.3. The van der Waals surface area contributed by atoms with Gasteiger partial charge in [0, 0.05) is 39.3 Å². The minimum absolute atomic E-state index is 0.253. The summed E-state index contributed by atoms with van der Waals surface area (Å²) in [6.45, 7) is 9.90. The van der Waals surface area contributed by atoms with Crippen molar-refractivity contribution in [3.63, 3.8) is 0 Å². The minimum atomic E-state index is -0.921. The zero-order valence-corrected chi connectivity index (χ0v) is 16.3. The lowest BCUT2D eigenvalue weighted by atomic mass is 10.1. The molecule has 1 amide bonds. The van der Waals surface area contributed by atoms with Crippen LogP contribution in [0.3, 0.4) is 0 Å². The van der Waals surface area contributed by atoms with E-state index in [1.807, 2.05) is 20.8 Å². The summed E-state index contributed by atoms with van der Waals surface area (Å²) in [6.07, 6.45) is 1.02. The van der Waals surface area contributed by atoms with E-state index >= 15 is 0 Å². The summed E-state index contributed by atoms with van der Waals surface area (Å²) < 4.78 is 11.4. The van der Waals surface area contributed by atoms with Crippen LogP contribution >= 0.6 is 11.6 Å². The predicted molar refractivity (Wildman–Crippen MR) is 99.6 cm³/mol. The first kappa shape index (κ1) is 19.3. The van der Waals surface area contributed by atoms with Crippen LogP contribution in [0.5, 0.6) is 0 Å². The van der Waals surface area contributed by atoms with Crippen molar-refractivity contribution in [3.05, 3.63) is 0 Å². The molecule has 0 saturated carbocycles. The molecule has 26 heavy (non-hydrogen) atoms. The Labute approximate surface area is 158 Å². The Hall–Kier alpha value is -1.42. The fraction of sp³-hybridized carbons (Fsp3) is 0.812. The molecule has 146 valence electrons. The third kappa shape index (κ3) is 4.28. The van der Waals surface area contributed by atoms with Crippen molar-refractivity contribution in [2.45, 2.75) is 38.3 Å². The van der Waals surface area contributed by atoms with Crippen molar-refractivity contribution < 1.29 is 14.3 Å². The molecule has 0 spiro atoms. The van der Waals surface area contributed by atoms with Gasteiger partial charge in [0.25, 0.3) is 0 Å². The SMILES string of the molecule is CC(C)(C)OC(=O)N1CCN(C2(C3CNCCO3)N=CNC(Cl)=N2)CC1. The summed E-state index contributed by atoms with van der Waals surface area (Å²) in [4.78, 5) is 25.3. The Bertz CT molecular complexity index is 579. The van der Waals surface area contributed by atoms with Gasteiger partial charge in [-0.2, -0.15) is 0 Å². The second kappa shape index (κ2) is 7.67. The molecule has 0 aliphatic carbocycles. The molecule has 10 heteroatoms. The van der Waals surface area contributed by atoms with Gasteiger partial charge >= 0.3 is 6.09 Å². The molecular weight excluding hydrogens is 360 g/mol. The van der Waals surface area contributed by atoms with Crippen LogP contribution in [0.2, 0.25) is 0 Å². The number of hydrogen-bond donors (Lipinski definition) is 2. The molecule has 0 aromatic carbocycles. The van der Waals surface area contributed by atoms with Gasteiger partial charge in [-0.25, -0.2) is 14.8 Å². The number of nitrogens with zero attached hydrogens (tertiary/aromatic N) is 4. The number of halogens is 1. The molecule has 2 saturated heterocycles. The largest absolute Gasteiger partial charge is 0.444 e. The highest BCUT2D eigenvalue weighted by Crippen LogP contribution is 2.30. The van der Waals surface area contributed by atoms with Crippen molar-refractivity contribution >= 4 is 29.3 Å². The molecule has 2 N–H and O–H groups in total. The third-order valence-electron chi connectivity index (χ3n) is 4.46. The first-order valence-electron chi connectivity index (χ1n) is 8.91. The highest BCUT2D eigenvalue weighted by molar-refractivity contribution is 6.65. The van der Waals surface area contributed by atoms with Gasteiger partial charge in [0.2, 0.25) is 5.79 Å². The summed E-state index contributed by atoms with van der Waals surface area (Å²) >= 11 is 6.15. The number of piperazine rings is 1. The van der Waals surface area contributed by atoms with Gasteiger partial charge < -0.3 is 25.0 Å². The van der Waals surface area contributed by atoms with Crippen LogP contribution in [0.15, 0.2) is 9.98 Å². The molecule has 3 aliphatic heterocycles. The zero-order valence-electron chi connectivity index (χ0n) is 15.5. The standard InChI is InChI=1S/C16H27ClN6O3/c1-15(2,3)26-14(24)22-5-7-23(8-6-22)16(12-10-18-4-9-25-12)20-11-19-13(17)21-16/h11-12,18H,4-10H2,1-3H3,(H,19,20,21). The van der Waals surface area contributed by atoms with Gasteiger partial charge in [0.1, 0.15) is 11.7 Å². The average Bonchev–Trinajstić information content (AvgIpc) is 2.61. The van der Waals surface area contributed by atoms with E-state index in [0.717, 1.165) is 6.54 Å². The second-order valence-electron chi connectivity index (χ2n) is 7.51. The molecule has 0 aromatic rings. The van der Waals surface area contributed by atoms with E-state index in [4.69, 9.17) is 21.1 Å². The van der Waals surface area contributed by atoms with Crippen LogP contribution in [0.25, 0.3) is 0 Å². The van der Waals surface area contributed by atoms with Gasteiger partial charge in [-0.15, -0.1) is 0 Å². The van der Waals surface area contributed by atoms with Gasteiger partial charge in [-0.1, -0.05) is 0 Å². The number of carbonyl (C=O) groups excluding carboxylic acids is 1. The molecule has 2 unspecified atom stereocenters. The van der Waals surface area contributed by atoms with E-state index < -0.39 is 11.4 Å². The smallest absolute Gasteiger partial charge is 0.410 e. The first-order chi connectivity index (χ1) is 12.3. The number of hydrogen-bond acceptors (Lipinski definition) is 8. The quantitative estimate of drug-likeness (QED) is 0.668. The summed E-state index contributed by atoms with van der Waals surface area (Å²) in [5.74, 6) is -0.921. The molecule has 9 nitrogen and oxygen atoms in total. The Morgan fingerprint density at radius 2 is 2.12 bits per heavy atom. The van der Waals surface area contributed by atoms with Crippen molar-refractivity contribution in [3.8, 4) is 0 Å². The highest BCUT2D eigenvalue weighted by atomic mass is 35.5. The fourth-order valence-corrected chi connectivity index (χ4v) is 3.43. The van der Waals surface area contributed by atoms with E-state index in [1.54, 1.807) is 11.2 Å². The maximum absolute atomic E-state index is 12.3. The Balaban J connectivity index is 1.71. The van der Waals surface area contributed by atoms with E-state index in [0.29, 0.717) is 39.3 Å². The maximum Gasteiger partial charge on any atom is 0.410 e. The lowest BCUT2D eigenvalue weighted by Crippen LogP contribution is -2.65. The number of amidine groups is 1. The molecule has 0 radical (unpaired) electrons. The normalized spacial score (nSPS) is 30.5. The minimum Gasteiger partial charge on any atom is -0.444 e. The number of morpholine rings is 1. The number of amides is 1. The molecule has 3 heterocycles. The number of rotatable bonds is 2. The molecule has 2 fully saturated rings. The lowest BCUT2D eigenvalue weighted by Gasteiger charge is -2.47. The Morgan fingerprint density at radius 3 is 2.69 bits per heavy atom. The van der Waals surface area contributed by atoms with E-state index in [2.05, 4.69) is 25.5 Å². The molecule has 3 rings (SSSR count). The summed E-state index contributed by atoms with van der Waals surface area (Å²) in [6, 6.07) is 0. The van der Waals surface area contributed by atoms with Crippen LogP contribution in [-0.4, -0.2) is 90.9 Å². The summed E-state index contributed by atoms with van der Waals surface area (Å²) in [5, 5.41) is 6.41. The monoisotopic (exact) mass is 386 g/mol. The van der Waals surface area contributed by atoms with Crippen molar-refractivity contribution in [1.82, 2.24) is 20.4 Å². The van der Waals surface area contributed by atoms with Crippen LogP contribution in [0.4, 0.5) is 4.79 Å². The summed E-state index contributed by atoms with van der Waals surface area (Å²) in [5.41, 5.74) is -0.506. The number of ether oxygens (including phenoxy) is 2. The van der Waals surface area contributed by atoms with Crippen molar-refractivity contribution in [2.24, 2.45) is 9.98 Å². The van der Waals surface area contributed by atoms with Crippen LogP contribution in [0, 0.1) is 0 Å². The molecule has 2 atom stereocenters. The number of carbonyl (C=O) groups is 1. The topological polar surface area (TPSA) is 90.8 Å². The van der Waals surface area contributed by atoms with Crippen molar-refractivity contribution in [1.29, 1.82) is 0 Å². The van der Waals surface area contributed by atoms with Gasteiger partial charge in [0.15, 0.2) is 5.29 Å². The lowest BCUT2D eigenvalue weighted by molar-refractivity contribution is -0.0913. The van der Waals surface area contributed by atoms with E-state index in [9.17, 15) is 4.79 Å². The Morgan fingerprint density at radius 1 is 1.38 bits per heavy atom. The van der Waals surface area contributed by atoms with E-state index in [-0.39, 0.29) is 17.5 Å². The Kier molecular flexibility index (Phi) is 5.71. The average molecular weight is 387 g/mol. The third-order valence-corrected chi connectivity index (χ3v) is 4.65. The van der Waals surface area contributed by atoms with Crippen LogP contribution in [0.1, 0.15) is 20.8 Å². The van der Waals surface area contributed by atoms with Gasteiger partial charge in [0.05, 0.1) is 12.9 Å². The van der Waals surface area contributed by atoms with Crippen molar-refractivity contribution in [2.75, 3.05) is 45.9 Å². The molecule has 3 aliphatic rings. The molecule has 0 bridgehead atoms. The van der Waals surface area contributed by atoms with Gasteiger partial charge in [-0.05, 0) is 32.4 Å². The van der Waals surface area contributed by atoms with Crippen LogP contribution < -0.4 is 10.6 Å². The fourth-order valence-electron chi connectivity index (χ4n) is 3.26. The number of nitrogens with one attached hydrogen (secondary N) is 2. The molecular formula is C16H27ClN6O3. The second-order valence-corrected chi connectivity index (χ2v) is 7.87. The van der Waals surface area contributed by atoms with Crippen LogP contribution in [-0.2, 0) is 9.47 Å². The van der Waals surface area contributed by atoms with E-state index in [1.165, 1.54) is 0 Å². The zero-order chi connectivity index (χ0) is 18.8. The first-order valence-corrected chi connectivity index (χ1v) is 9.29. The van der Waals surface area contributed by atoms with Gasteiger partial charge in [-0.3, -0.25) is 4.90 Å². The predicted octanol–water partition coefficient (Wildman–Crippen LogP) is 0.408. The number of aliphatic imine (C=N–C) groups is 2.